The second-order valence-electron chi connectivity index (χ2n) is 3.32. The summed E-state index contributed by atoms with van der Waals surface area (Å²) < 4.78 is 5.42. The van der Waals surface area contributed by atoms with Gasteiger partial charge in [-0.05, 0) is 23.7 Å². The highest BCUT2D eigenvalue weighted by Crippen LogP contribution is 2.18. The van der Waals surface area contributed by atoms with Crippen LogP contribution in [0.3, 0.4) is 0 Å². The number of hydrogen-bond acceptors (Lipinski definition) is 5. The maximum absolute atomic E-state index is 5.64. The van der Waals surface area contributed by atoms with Crippen molar-refractivity contribution in [3.05, 3.63) is 41.6 Å². The zero-order valence-corrected chi connectivity index (χ0v) is 9.76. The molecule has 0 atom stereocenters. The van der Waals surface area contributed by atoms with Gasteiger partial charge in [0.25, 0.3) is 0 Å². The van der Waals surface area contributed by atoms with Crippen LogP contribution in [0, 0.1) is 0 Å². The van der Waals surface area contributed by atoms with Gasteiger partial charge in [0.2, 0.25) is 11.2 Å². The van der Waals surface area contributed by atoms with Gasteiger partial charge in [0.1, 0.15) is 5.69 Å². The molecule has 0 spiro atoms. The number of nitrogens with two attached hydrogens (primary N) is 1. The van der Waals surface area contributed by atoms with E-state index in [4.69, 9.17) is 22.1 Å². The van der Waals surface area contributed by atoms with Gasteiger partial charge in [-0.3, -0.25) is 4.98 Å². The molecular weight excluding hydrogens is 240 g/mol. The Morgan fingerprint density at radius 2 is 2.18 bits per heavy atom. The van der Waals surface area contributed by atoms with Crippen molar-refractivity contribution in [2.75, 3.05) is 12.3 Å². The minimum Gasteiger partial charge on any atom is -0.476 e. The Bertz CT molecular complexity index is 492. The van der Waals surface area contributed by atoms with Crippen molar-refractivity contribution >= 4 is 17.3 Å². The fourth-order valence-corrected chi connectivity index (χ4v) is 1.39. The normalized spacial score (nSPS) is 10.2. The van der Waals surface area contributed by atoms with Crippen molar-refractivity contribution in [1.29, 1.82) is 0 Å². The minimum absolute atomic E-state index is 0.118. The van der Waals surface area contributed by atoms with Crippen LogP contribution in [0.2, 0.25) is 5.28 Å². The molecule has 0 aliphatic rings. The third-order valence-electron chi connectivity index (χ3n) is 2.07. The number of pyridine rings is 1. The van der Waals surface area contributed by atoms with E-state index in [0.29, 0.717) is 24.6 Å². The van der Waals surface area contributed by atoms with E-state index >= 15 is 0 Å². The first-order valence-corrected chi connectivity index (χ1v) is 5.44. The molecule has 88 valence electrons. The second kappa shape index (κ2) is 5.45. The average molecular weight is 251 g/mol. The molecule has 6 heteroatoms. The molecule has 2 aromatic rings. The highest BCUT2D eigenvalue weighted by Gasteiger charge is 2.04. The SMILES string of the molecule is Nc1cnc(Cl)nc1OCCc1ccccn1. The van der Waals surface area contributed by atoms with Crippen molar-refractivity contribution in [1.82, 2.24) is 15.0 Å². The van der Waals surface area contributed by atoms with Crippen LogP contribution in [0.15, 0.2) is 30.6 Å². The highest BCUT2D eigenvalue weighted by molar-refractivity contribution is 6.28. The van der Waals surface area contributed by atoms with Gasteiger partial charge in [0.05, 0.1) is 12.8 Å². The van der Waals surface area contributed by atoms with Gasteiger partial charge in [-0.15, -0.1) is 0 Å². The summed E-state index contributed by atoms with van der Waals surface area (Å²) in [5.74, 6) is 0.306. The first kappa shape index (κ1) is 11.6. The van der Waals surface area contributed by atoms with E-state index < -0.39 is 0 Å². The molecule has 0 amide bonds. The fourth-order valence-electron chi connectivity index (χ4n) is 1.27. The van der Waals surface area contributed by atoms with E-state index in [9.17, 15) is 0 Å². The highest BCUT2D eigenvalue weighted by atomic mass is 35.5. The Morgan fingerprint density at radius 3 is 2.94 bits per heavy atom. The van der Waals surface area contributed by atoms with Crippen molar-refractivity contribution in [2.24, 2.45) is 0 Å². The number of rotatable bonds is 4. The number of hydrogen-bond donors (Lipinski definition) is 1. The number of nitrogens with zero attached hydrogens (tertiary/aromatic N) is 3. The lowest BCUT2D eigenvalue weighted by atomic mass is 10.3. The summed E-state index contributed by atoms with van der Waals surface area (Å²) in [5.41, 5.74) is 6.97. The molecule has 0 saturated carbocycles. The van der Waals surface area contributed by atoms with Crippen LogP contribution in [0.4, 0.5) is 5.69 Å². The lowest BCUT2D eigenvalue weighted by Gasteiger charge is -2.06. The molecule has 5 nitrogen and oxygen atoms in total. The van der Waals surface area contributed by atoms with Crippen LogP contribution in [0.25, 0.3) is 0 Å². The van der Waals surface area contributed by atoms with Crippen LogP contribution in [-0.4, -0.2) is 21.6 Å². The summed E-state index contributed by atoms with van der Waals surface area (Å²) in [7, 11) is 0. The summed E-state index contributed by atoms with van der Waals surface area (Å²) in [6, 6.07) is 5.73. The minimum atomic E-state index is 0.118. The predicted molar refractivity (Wildman–Crippen MR) is 64.9 cm³/mol. The summed E-state index contributed by atoms with van der Waals surface area (Å²) in [6.07, 6.45) is 3.85. The molecule has 0 aromatic carbocycles. The summed E-state index contributed by atoms with van der Waals surface area (Å²) >= 11 is 5.64. The molecule has 0 saturated heterocycles. The molecule has 0 fully saturated rings. The van der Waals surface area contributed by atoms with Gasteiger partial charge in [-0.1, -0.05) is 6.07 Å². The van der Waals surface area contributed by atoms with Crippen molar-refractivity contribution in [3.8, 4) is 5.88 Å². The van der Waals surface area contributed by atoms with Gasteiger partial charge in [-0.2, -0.15) is 4.98 Å². The predicted octanol–water partition coefficient (Wildman–Crippen LogP) is 1.73. The first-order valence-electron chi connectivity index (χ1n) is 5.06. The Kier molecular flexibility index (Phi) is 3.72. The summed E-state index contributed by atoms with van der Waals surface area (Å²) in [4.78, 5) is 11.8. The Balaban J connectivity index is 1.92. The second-order valence-corrected chi connectivity index (χ2v) is 3.66. The molecule has 0 unspecified atom stereocenters. The summed E-state index contributed by atoms with van der Waals surface area (Å²) in [6.45, 7) is 0.439. The average Bonchev–Trinajstić information content (AvgIpc) is 2.35. The number of anilines is 1. The fraction of sp³-hybridized carbons (Fsp3) is 0.182. The van der Waals surface area contributed by atoms with E-state index in [1.807, 2.05) is 18.2 Å². The Hall–Kier alpha value is -1.88. The monoisotopic (exact) mass is 250 g/mol. The zero-order valence-electron chi connectivity index (χ0n) is 9.01. The zero-order chi connectivity index (χ0) is 12.1. The molecule has 2 heterocycles. The van der Waals surface area contributed by atoms with Gasteiger partial charge < -0.3 is 10.5 Å². The Morgan fingerprint density at radius 1 is 1.29 bits per heavy atom. The smallest absolute Gasteiger partial charge is 0.241 e. The van der Waals surface area contributed by atoms with Gasteiger partial charge in [-0.25, -0.2) is 4.98 Å². The van der Waals surface area contributed by atoms with E-state index in [2.05, 4.69) is 15.0 Å². The van der Waals surface area contributed by atoms with Gasteiger partial charge >= 0.3 is 0 Å². The van der Waals surface area contributed by atoms with Crippen LogP contribution in [-0.2, 0) is 6.42 Å². The van der Waals surface area contributed by atoms with Crippen molar-refractivity contribution < 1.29 is 4.74 Å². The van der Waals surface area contributed by atoms with Crippen molar-refractivity contribution in [3.63, 3.8) is 0 Å². The Labute approximate surface area is 104 Å². The molecule has 17 heavy (non-hydrogen) atoms. The topological polar surface area (TPSA) is 73.9 Å². The molecule has 0 bridgehead atoms. The molecule has 2 aromatic heterocycles. The van der Waals surface area contributed by atoms with E-state index in [1.54, 1.807) is 6.20 Å². The quantitative estimate of drug-likeness (QED) is 0.837. The maximum atomic E-state index is 5.64. The largest absolute Gasteiger partial charge is 0.476 e. The van der Waals surface area contributed by atoms with Gasteiger partial charge in [0.15, 0.2) is 0 Å². The molecule has 0 aliphatic carbocycles. The molecule has 2 N–H and O–H groups in total. The number of halogens is 1. The van der Waals surface area contributed by atoms with Crippen LogP contribution < -0.4 is 10.5 Å². The third-order valence-corrected chi connectivity index (χ3v) is 2.26. The number of nitrogen functional groups attached to an aromatic ring is 1. The van der Waals surface area contributed by atoms with Gasteiger partial charge in [0, 0.05) is 18.3 Å². The third kappa shape index (κ3) is 3.29. The van der Waals surface area contributed by atoms with Crippen LogP contribution in [0.1, 0.15) is 5.69 Å². The van der Waals surface area contributed by atoms with Crippen LogP contribution >= 0.6 is 11.6 Å². The molecular formula is C11H11ClN4O. The lowest BCUT2D eigenvalue weighted by molar-refractivity contribution is 0.309. The van der Waals surface area contributed by atoms with Crippen molar-refractivity contribution in [2.45, 2.75) is 6.42 Å². The first-order chi connectivity index (χ1) is 8.25. The molecule has 0 aliphatic heterocycles. The molecule has 0 radical (unpaired) electrons. The number of ether oxygens (including phenoxy) is 1. The van der Waals surface area contributed by atoms with E-state index in [-0.39, 0.29) is 5.28 Å². The van der Waals surface area contributed by atoms with Crippen LogP contribution in [0.5, 0.6) is 5.88 Å². The lowest BCUT2D eigenvalue weighted by Crippen LogP contribution is -2.06. The van der Waals surface area contributed by atoms with E-state index in [0.717, 1.165) is 5.69 Å². The molecule has 2 rings (SSSR count). The summed E-state index contributed by atoms with van der Waals surface area (Å²) in [5, 5.41) is 0.118. The van der Waals surface area contributed by atoms with E-state index in [1.165, 1.54) is 6.20 Å². The maximum Gasteiger partial charge on any atom is 0.241 e. The standard InChI is InChI=1S/C11H11ClN4O/c12-11-15-7-9(13)10(16-11)17-6-4-8-3-1-2-5-14-8/h1-3,5,7H,4,6,13H2. The number of aromatic nitrogens is 3.